The molecule has 1 heterocycles. The largest absolute Gasteiger partial charge is 0.493 e. The number of para-hydroxylation sites is 2. The van der Waals surface area contributed by atoms with Crippen LogP contribution < -0.4 is 4.74 Å². The lowest BCUT2D eigenvalue weighted by molar-refractivity contribution is 0.301. The van der Waals surface area contributed by atoms with Gasteiger partial charge in [0.25, 0.3) is 0 Å². The van der Waals surface area contributed by atoms with Crippen LogP contribution in [0.1, 0.15) is 29.5 Å². The van der Waals surface area contributed by atoms with Gasteiger partial charge in [-0.25, -0.2) is 4.98 Å². The molecule has 3 heteroatoms. The minimum absolute atomic E-state index is 0.732. The Morgan fingerprint density at radius 3 is 2.48 bits per heavy atom. The monoisotopic (exact) mass is 384 g/mol. The van der Waals surface area contributed by atoms with Gasteiger partial charge in [0.15, 0.2) is 0 Å². The molecule has 0 saturated heterocycles. The Hall–Kier alpha value is -3.07. The number of fused-ring (bicyclic) bond motifs is 1. The molecule has 29 heavy (non-hydrogen) atoms. The van der Waals surface area contributed by atoms with Crippen molar-refractivity contribution in [2.24, 2.45) is 0 Å². The molecule has 0 atom stereocenters. The van der Waals surface area contributed by atoms with Gasteiger partial charge in [-0.3, -0.25) is 0 Å². The molecule has 0 saturated carbocycles. The van der Waals surface area contributed by atoms with Crippen LogP contribution in [0.4, 0.5) is 0 Å². The second-order valence-electron chi connectivity index (χ2n) is 7.77. The van der Waals surface area contributed by atoms with Gasteiger partial charge >= 0.3 is 0 Å². The molecule has 1 aromatic heterocycles. The standard InChI is InChI=1S/C26H28N2O/c1-19-9-8-10-22(18-19)26-27-23-11-4-5-12-24(23)28(26)15-6-7-16-29-25-14-13-20(2)17-21(25)3/h4-5,8-14,17-18H,6-7,15-16H2,1-3H3. The van der Waals surface area contributed by atoms with Crippen LogP contribution in [0.5, 0.6) is 5.75 Å². The maximum Gasteiger partial charge on any atom is 0.141 e. The molecule has 148 valence electrons. The number of aromatic nitrogens is 2. The van der Waals surface area contributed by atoms with Crippen LogP contribution in [0.2, 0.25) is 0 Å². The van der Waals surface area contributed by atoms with E-state index in [0.29, 0.717) is 0 Å². The van der Waals surface area contributed by atoms with Crippen LogP contribution in [-0.4, -0.2) is 16.2 Å². The Balaban J connectivity index is 1.46. The number of aryl methyl sites for hydroxylation is 4. The number of nitrogens with zero attached hydrogens (tertiary/aromatic N) is 2. The number of rotatable bonds is 7. The van der Waals surface area contributed by atoms with Crippen molar-refractivity contribution in [1.29, 1.82) is 0 Å². The first-order chi connectivity index (χ1) is 14.1. The summed E-state index contributed by atoms with van der Waals surface area (Å²) in [5.74, 6) is 2.04. The van der Waals surface area contributed by atoms with Crippen LogP contribution >= 0.6 is 0 Å². The van der Waals surface area contributed by atoms with Gasteiger partial charge in [-0.05, 0) is 63.4 Å². The van der Waals surface area contributed by atoms with Gasteiger partial charge in [0.2, 0.25) is 0 Å². The fourth-order valence-corrected chi connectivity index (χ4v) is 3.82. The minimum atomic E-state index is 0.732. The third kappa shape index (κ3) is 4.34. The van der Waals surface area contributed by atoms with Crippen molar-refractivity contribution in [2.45, 2.75) is 40.2 Å². The molecule has 0 radical (unpaired) electrons. The van der Waals surface area contributed by atoms with Crippen LogP contribution in [0.25, 0.3) is 22.4 Å². The Labute approximate surface area is 173 Å². The third-order valence-corrected chi connectivity index (χ3v) is 5.29. The molecule has 0 aliphatic rings. The van der Waals surface area contributed by atoms with Crippen molar-refractivity contribution in [3.8, 4) is 17.1 Å². The number of ether oxygens (including phenoxy) is 1. The fraction of sp³-hybridized carbons (Fsp3) is 0.269. The molecule has 0 spiro atoms. The summed E-state index contributed by atoms with van der Waals surface area (Å²) in [4.78, 5) is 4.92. The molecule has 0 amide bonds. The summed E-state index contributed by atoms with van der Waals surface area (Å²) in [6, 6.07) is 23.3. The summed E-state index contributed by atoms with van der Waals surface area (Å²) < 4.78 is 8.35. The zero-order valence-corrected chi connectivity index (χ0v) is 17.5. The highest BCUT2D eigenvalue weighted by Gasteiger charge is 2.12. The van der Waals surface area contributed by atoms with E-state index in [2.05, 4.69) is 92.1 Å². The Morgan fingerprint density at radius 1 is 0.828 bits per heavy atom. The highest BCUT2D eigenvalue weighted by molar-refractivity contribution is 5.80. The van der Waals surface area contributed by atoms with E-state index in [-0.39, 0.29) is 0 Å². The van der Waals surface area contributed by atoms with Crippen molar-refractivity contribution in [3.63, 3.8) is 0 Å². The summed E-state index contributed by atoms with van der Waals surface area (Å²) in [6.07, 6.45) is 2.05. The van der Waals surface area contributed by atoms with E-state index in [9.17, 15) is 0 Å². The number of unbranched alkanes of at least 4 members (excludes halogenated alkanes) is 1. The van der Waals surface area contributed by atoms with Crippen molar-refractivity contribution in [1.82, 2.24) is 9.55 Å². The summed E-state index contributed by atoms with van der Waals surface area (Å²) in [5.41, 5.74) is 7.14. The normalized spacial score (nSPS) is 11.1. The molecule has 0 bridgehead atoms. The quantitative estimate of drug-likeness (QED) is 0.341. The predicted octanol–water partition coefficient (Wildman–Crippen LogP) is 6.49. The lowest BCUT2D eigenvalue weighted by Gasteiger charge is -2.12. The van der Waals surface area contributed by atoms with E-state index in [1.165, 1.54) is 27.8 Å². The highest BCUT2D eigenvalue weighted by atomic mass is 16.5. The average molecular weight is 385 g/mol. The van der Waals surface area contributed by atoms with Gasteiger partial charge in [0.1, 0.15) is 11.6 Å². The first-order valence-electron chi connectivity index (χ1n) is 10.3. The fourth-order valence-electron chi connectivity index (χ4n) is 3.82. The van der Waals surface area contributed by atoms with E-state index in [1.807, 2.05) is 0 Å². The van der Waals surface area contributed by atoms with Crippen LogP contribution in [-0.2, 0) is 6.54 Å². The smallest absolute Gasteiger partial charge is 0.141 e. The number of imidazole rings is 1. The van der Waals surface area contributed by atoms with Gasteiger partial charge < -0.3 is 9.30 Å². The van der Waals surface area contributed by atoms with Gasteiger partial charge in [0.05, 0.1) is 17.6 Å². The topological polar surface area (TPSA) is 27.1 Å². The first kappa shape index (κ1) is 19.3. The molecule has 0 fully saturated rings. The lowest BCUT2D eigenvalue weighted by atomic mass is 10.1. The second kappa shape index (κ2) is 8.52. The summed E-state index contributed by atoms with van der Waals surface area (Å²) >= 11 is 0. The van der Waals surface area contributed by atoms with Crippen molar-refractivity contribution in [2.75, 3.05) is 6.61 Å². The molecule has 4 aromatic rings. The van der Waals surface area contributed by atoms with Gasteiger partial charge in [-0.15, -0.1) is 0 Å². The summed E-state index contributed by atoms with van der Waals surface area (Å²) in [5, 5.41) is 0. The van der Waals surface area contributed by atoms with Crippen molar-refractivity contribution in [3.05, 3.63) is 83.4 Å². The Bertz CT molecular complexity index is 1130. The lowest BCUT2D eigenvalue weighted by Crippen LogP contribution is -2.04. The minimum Gasteiger partial charge on any atom is -0.493 e. The molecule has 0 aliphatic carbocycles. The molecule has 3 nitrogen and oxygen atoms in total. The van der Waals surface area contributed by atoms with Crippen molar-refractivity contribution >= 4 is 11.0 Å². The number of hydrogen-bond donors (Lipinski definition) is 0. The van der Waals surface area contributed by atoms with Crippen LogP contribution in [0, 0.1) is 20.8 Å². The Morgan fingerprint density at radius 2 is 1.66 bits per heavy atom. The maximum absolute atomic E-state index is 6.00. The van der Waals surface area contributed by atoms with Gasteiger partial charge in [-0.2, -0.15) is 0 Å². The van der Waals surface area contributed by atoms with E-state index in [4.69, 9.17) is 9.72 Å². The van der Waals surface area contributed by atoms with Crippen LogP contribution in [0.15, 0.2) is 66.7 Å². The van der Waals surface area contributed by atoms with Crippen molar-refractivity contribution < 1.29 is 4.74 Å². The van der Waals surface area contributed by atoms with Crippen LogP contribution in [0.3, 0.4) is 0 Å². The second-order valence-corrected chi connectivity index (χ2v) is 7.77. The van der Waals surface area contributed by atoms with Gasteiger partial charge in [-0.1, -0.05) is 53.6 Å². The molecule has 0 unspecified atom stereocenters. The third-order valence-electron chi connectivity index (χ3n) is 5.29. The molecular formula is C26H28N2O. The van der Waals surface area contributed by atoms with E-state index in [0.717, 1.165) is 43.1 Å². The number of benzene rings is 3. The predicted molar refractivity (Wildman–Crippen MR) is 121 cm³/mol. The highest BCUT2D eigenvalue weighted by Crippen LogP contribution is 2.26. The number of hydrogen-bond acceptors (Lipinski definition) is 2. The summed E-state index contributed by atoms with van der Waals surface area (Å²) in [6.45, 7) is 8.00. The van der Waals surface area contributed by atoms with E-state index < -0.39 is 0 Å². The molecule has 4 rings (SSSR count). The average Bonchev–Trinajstić information content (AvgIpc) is 3.08. The first-order valence-corrected chi connectivity index (χ1v) is 10.3. The molecule has 0 N–H and O–H groups in total. The van der Waals surface area contributed by atoms with Gasteiger partial charge in [0, 0.05) is 12.1 Å². The van der Waals surface area contributed by atoms with E-state index >= 15 is 0 Å². The molecule has 0 aliphatic heterocycles. The van der Waals surface area contributed by atoms with E-state index in [1.54, 1.807) is 0 Å². The maximum atomic E-state index is 6.00. The zero-order chi connectivity index (χ0) is 20.2. The zero-order valence-electron chi connectivity index (χ0n) is 17.5. The Kier molecular flexibility index (Phi) is 5.66. The molecule has 3 aromatic carbocycles. The molecular weight excluding hydrogens is 356 g/mol. The SMILES string of the molecule is Cc1cccc(-c2nc3ccccc3n2CCCCOc2ccc(C)cc2C)c1. The summed E-state index contributed by atoms with van der Waals surface area (Å²) in [7, 11) is 0.